The van der Waals surface area contributed by atoms with Crippen LogP contribution in [-0.2, 0) is 20.0 Å². The molecule has 0 N–H and O–H groups in total. The minimum Gasteiger partial charge on any atom is -0.249 e. The second-order valence-electron chi connectivity index (χ2n) is 5.90. The van der Waals surface area contributed by atoms with E-state index < -0.39 is 0 Å². The summed E-state index contributed by atoms with van der Waals surface area (Å²) >= 11 is 0. The van der Waals surface area contributed by atoms with Crippen LogP contribution >= 0.6 is 0 Å². The molecule has 0 spiro atoms. The molecule has 0 amide bonds. The van der Waals surface area contributed by atoms with Gasteiger partial charge >= 0.3 is 0 Å². The SMILES string of the molecule is Cn1nnc2ccc(Cc3ccc(C#N)cc3Cn3cncn3)cc21. The quantitative estimate of drug-likeness (QED) is 0.572. The Bertz CT molecular complexity index is 1070. The molecule has 0 unspecified atom stereocenters. The molecule has 2 aromatic carbocycles. The normalized spacial score (nSPS) is 10.9. The number of nitrogens with zero attached hydrogens (tertiary/aromatic N) is 7. The maximum absolute atomic E-state index is 9.19. The molecule has 0 radical (unpaired) electrons. The predicted octanol–water partition coefficient (Wildman–Crippen LogP) is 2.07. The number of rotatable bonds is 4. The van der Waals surface area contributed by atoms with Crippen LogP contribution in [0.2, 0.25) is 0 Å². The van der Waals surface area contributed by atoms with Crippen molar-refractivity contribution in [2.24, 2.45) is 7.05 Å². The molecule has 7 nitrogen and oxygen atoms in total. The molecule has 4 aromatic rings. The number of fused-ring (bicyclic) bond motifs is 1. The maximum atomic E-state index is 9.19. The van der Waals surface area contributed by atoms with Gasteiger partial charge in [-0.25, -0.2) is 14.3 Å². The Morgan fingerprint density at radius 1 is 1.12 bits per heavy atom. The minimum absolute atomic E-state index is 0.584. The first-order valence-electron chi connectivity index (χ1n) is 7.85. The molecule has 122 valence electrons. The molecule has 0 saturated heterocycles. The molecule has 4 rings (SSSR count). The summed E-state index contributed by atoms with van der Waals surface area (Å²) in [5.41, 5.74) is 5.92. The van der Waals surface area contributed by atoms with E-state index in [-0.39, 0.29) is 0 Å². The highest BCUT2D eigenvalue weighted by Crippen LogP contribution is 2.20. The van der Waals surface area contributed by atoms with Gasteiger partial charge in [0.05, 0.1) is 23.7 Å². The second-order valence-corrected chi connectivity index (χ2v) is 5.90. The summed E-state index contributed by atoms with van der Waals surface area (Å²) in [5, 5.41) is 21.5. The zero-order chi connectivity index (χ0) is 17.2. The first-order valence-corrected chi connectivity index (χ1v) is 7.85. The maximum Gasteiger partial charge on any atom is 0.137 e. The van der Waals surface area contributed by atoms with Gasteiger partial charge in [0.2, 0.25) is 0 Å². The van der Waals surface area contributed by atoms with Crippen LogP contribution in [0.1, 0.15) is 22.3 Å². The van der Waals surface area contributed by atoms with Gasteiger partial charge in [0, 0.05) is 7.05 Å². The van der Waals surface area contributed by atoms with Gasteiger partial charge in [-0.15, -0.1) is 5.10 Å². The summed E-state index contributed by atoms with van der Waals surface area (Å²) in [5.74, 6) is 0. The smallest absolute Gasteiger partial charge is 0.137 e. The topological polar surface area (TPSA) is 85.2 Å². The average Bonchev–Trinajstić information content (AvgIpc) is 3.27. The van der Waals surface area contributed by atoms with Crippen LogP contribution in [0, 0.1) is 11.3 Å². The van der Waals surface area contributed by atoms with Crippen molar-refractivity contribution in [1.29, 1.82) is 5.26 Å². The van der Waals surface area contributed by atoms with Crippen LogP contribution in [0.5, 0.6) is 0 Å². The van der Waals surface area contributed by atoms with Crippen LogP contribution in [-0.4, -0.2) is 29.8 Å². The number of nitriles is 1. The molecule has 0 bridgehead atoms. The van der Waals surface area contributed by atoms with E-state index in [0.29, 0.717) is 12.1 Å². The van der Waals surface area contributed by atoms with E-state index in [1.54, 1.807) is 15.7 Å². The highest BCUT2D eigenvalue weighted by atomic mass is 15.4. The predicted molar refractivity (Wildman–Crippen MR) is 91.6 cm³/mol. The van der Waals surface area contributed by atoms with Crippen molar-refractivity contribution in [1.82, 2.24) is 29.8 Å². The number of aromatic nitrogens is 6. The molecular weight excluding hydrogens is 314 g/mol. The zero-order valence-electron chi connectivity index (χ0n) is 13.7. The minimum atomic E-state index is 0.584. The van der Waals surface area contributed by atoms with Crippen molar-refractivity contribution in [2.75, 3.05) is 0 Å². The van der Waals surface area contributed by atoms with E-state index in [4.69, 9.17) is 0 Å². The van der Waals surface area contributed by atoms with Crippen LogP contribution in [0.15, 0.2) is 49.1 Å². The van der Waals surface area contributed by atoms with Crippen LogP contribution in [0.25, 0.3) is 11.0 Å². The summed E-state index contributed by atoms with van der Waals surface area (Å²) in [6, 6.07) is 14.1. The van der Waals surface area contributed by atoms with Crippen LogP contribution in [0.4, 0.5) is 0 Å². The molecule has 0 aliphatic carbocycles. The lowest BCUT2D eigenvalue weighted by molar-refractivity contribution is 0.680. The van der Waals surface area contributed by atoms with E-state index in [0.717, 1.165) is 28.6 Å². The lowest BCUT2D eigenvalue weighted by atomic mass is 9.97. The Labute approximate surface area is 144 Å². The third kappa shape index (κ3) is 2.97. The lowest BCUT2D eigenvalue weighted by Gasteiger charge is -2.11. The van der Waals surface area contributed by atoms with Gasteiger partial charge in [0.15, 0.2) is 0 Å². The fourth-order valence-electron chi connectivity index (χ4n) is 2.91. The van der Waals surface area contributed by atoms with Crippen molar-refractivity contribution >= 4 is 11.0 Å². The third-order valence-electron chi connectivity index (χ3n) is 4.20. The summed E-state index contributed by atoms with van der Waals surface area (Å²) in [7, 11) is 1.89. The monoisotopic (exact) mass is 329 g/mol. The van der Waals surface area contributed by atoms with Gasteiger partial charge in [0.25, 0.3) is 0 Å². The molecule has 2 heterocycles. The molecule has 0 aliphatic rings. The summed E-state index contributed by atoms with van der Waals surface area (Å²) in [6.07, 6.45) is 3.95. The molecule has 0 aliphatic heterocycles. The Balaban J connectivity index is 1.70. The van der Waals surface area contributed by atoms with Crippen molar-refractivity contribution in [3.05, 3.63) is 71.3 Å². The number of hydrogen-bond donors (Lipinski definition) is 0. The fraction of sp³-hybridized carbons (Fsp3) is 0.167. The van der Waals surface area contributed by atoms with E-state index in [2.05, 4.69) is 38.6 Å². The van der Waals surface area contributed by atoms with Crippen molar-refractivity contribution in [2.45, 2.75) is 13.0 Å². The summed E-state index contributed by atoms with van der Waals surface area (Å²) in [4.78, 5) is 3.98. The highest BCUT2D eigenvalue weighted by Gasteiger charge is 2.09. The van der Waals surface area contributed by atoms with E-state index in [1.807, 2.05) is 31.3 Å². The zero-order valence-corrected chi connectivity index (χ0v) is 13.7. The molecule has 0 atom stereocenters. The van der Waals surface area contributed by atoms with Gasteiger partial charge in [-0.05, 0) is 47.4 Å². The van der Waals surface area contributed by atoms with E-state index in [1.165, 1.54) is 11.9 Å². The standard InChI is InChI=1S/C18H15N7/c1-24-18-8-13(3-5-17(18)22-23-24)6-15-4-2-14(9-19)7-16(15)10-25-12-20-11-21-25/h2-5,7-8,11-12H,6,10H2,1H3. The molecular formula is C18H15N7. The second kappa shape index (κ2) is 6.17. The van der Waals surface area contributed by atoms with Gasteiger partial charge in [-0.1, -0.05) is 17.3 Å². The number of aryl methyl sites for hydroxylation is 1. The van der Waals surface area contributed by atoms with E-state index in [9.17, 15) is 5.26 Å². The first kappa shape index (κ1) is 15.0. The molecule has 7 heteroatoms. The first-order chi connectivity index (χ1) is 12.2. The molecule has 2 aromatic heterocycles. The van der Waals surface area contributed by atoms with Crippen LogP contribution < -0.4 is 0 Å². The third-order valence-corrected chi connectivity index (χ3v) is 4.20. The molecule has 0 saturated carbocycles. The average molecular weight is 329 g/mol. The van der Waals surface area contributed by atoms with Crippen molar-refractivity contribution in [3.63, 3.8) is 0 Å². The summed E-state index contributed by atoms with van der Waals surface area (Å²) in [6.45, 7) is 0.584. The summed E-state index contributed by atoms with van der Waals surface area (Å²) < 4.78 is 3.53. The number of benzene rings is 2. The van der Waals surface area contributed by atoms with Gasteiger partial charge < -0.3 is 0 Å². The lowest BCUT2D eigenvalue weighted by Crippen LogP contribution is -2.05. The molecule has 0 fully saturated rings. The largest absolute Gasteiger partial charge is 0.249 e. The van der Waals surface area contributed by atoms with Gasteiger partial charge in [-0.2, -0.15) is 10.4 Å². The molecule has 25 heavy (non-hydrogen) atoms. The van der Waals surface area contributed by atoms with Crippen molar-refractivity contribution < 1.29 is 0 Å². The Hall–Kier alpha value is -3.53. The van der Waals surface area contributed by atoms with Crippen molar-refractivity contribution in [3.8, 4) is 6.07 Å². The van der Waals surface area contributed by atoms with E-state index >= 15 is 0 Å². The Kier molecular flexibility index (Phi) is 3.71. The van der Waals surface area contributed by atoms with Gasteiger partial charge in [-0.3, -0.25) is 0 Å². The fourth-order valence-corrected chi connectivity index (χ4v) is 2.91. The van der Waals surface area contributed by atoms with Gasteiger partial charge in [0.1, 0.15) is 18.2 Å². The Morgan fingerprint density at radius 2 is 2.04 bits per heavy atom. The highest BCUT2D eigenvalue weighted by molar-refractivity contribution is 5.75. The number of hydrogen-bond acceptors (Lipinski definition) is 5. The Morgan fingerprint density at radius 3 is 2.84 bits per heavy atom. The van der Waals surface area contributed by atoms with Crippen LogP contribution in [0.3, 0.4) is 0 Å².